The van der Waals surface area contributed by atoms with Gasteiger partial charge in [0, 0.05) is 0 Å². The highest BCUT2D eigenvalue weighted by atomic mass is 32.2. The van der Waals surface area contributed by atoms with E-state index in [4.69, 9.17) is 5.11 Å². The topological polar surface area (TPSA) is 71.4 Å². The lowest BCUT2D eigenvalue weighted by Gasteiger charge is -2.07. The number of sulfone groups is 1. The molecule has 0 aliphatic heterocycles. The molecule has 0 heterocycles. The van der Waals surface area contributed by atoms with Gasteiger partial charge in [-0.05, 0) is 40.5 Å². The van der Waals surface area contributed by atoms with E-state index in [9.17, 15) is 13.2 Å². The molecule has 3 aromatic carbocycles. The second kappa shape index (κ2) is 7.07. The van der Waals surface area contributed by atoms with Gasteiger partial charge in [0.1, 0.15) is 0 Å². The molecule has 5 heteroatoms. The van der Waals surface area contributed by atoms with Crippen LogP contribution >= 0.6 is 0 Å². The lowest BCUT2D eigenvalue weighted by molar-refractivity contribution is -0.136. The highest BCUT2D eigenvalue weighted by Gasteiger charge is 2.15. The van der Waals surface area contributed by atoms with Crippen molar-refractivity contribution in [2.45, 2.75) is 17.7 Å². The summed E-state index contributed by atoms with van der Waals surface area (Å²) < 4.78 is 25.0. The zero-order valence-electron chi connectivity index (χ0n) is 13.6. The molecule has 0 bridgehead atoms. The number of aryl methyl sites for hydroxylation is 1. The Kier molecular flexibility index (Phi) is 4.86. The van der Waals surface area contributed by atoms with Crippen LogP contribution in [0.1, 0.15) is 11.1 Å². The van der Waals surface area contributed by atoms with Gasteiger partial charge in [-0.15, -0.1) is 0 Å². The highest BCUT2D eigenvalue weighted by Crippen LogP contribution is 2.18. The van der Waals surface area contributed by atoms with E-state index in [1.165, 1.54) is 12.1 Å². The molecule has 4 nitrogen and oxygen atoms in total. The molecule has 128 valence electrons. The minimum absolute atomic E-state index is 0.0175. The van der Waals surface area contributed by atoms with E-state index in [1.807, 2.05) is 42.5 Å². The van der Waals surface area contributed by atoms with Crippen LogP contribution in [0, 0.1) is 0 Å². The van der Waals surface area contributed by atoms with Crippen LogP contribution in [0.25, 0.3) is 10.8 Å². The molecule has 0 unspecified atom stereocenters. The van der Waals surface area contributed by atoms with E-state index in [1.54, 1.807) is 12.1 Å². The predicted octanol–water partition coefficient (Wildman–Crippen LogP) is 3.48. The van der Waals surface area contributed by atoms with Gasteiger partial charge < -0.3 is 5.11 Å². The third-order valence-electron chi connectivity index (χ3n) is 4.11. The summed E-state index contributed by atoms with van der Waals surface area (Å²) in [7, 11) is -3.40. The first kappa shape index (κ1) is 17.2. The van der Waals surface area contributed by atoms with Crippen LogP contribution in [0.2, 0.25) is 0 Å². The molecule has 0 fully saturated rings. The molecule has 0 saturated carbocycles. The van der Waals surface area contributed by atoms with E-state index in [2.05, 4.69) is 0 Å². The lowest BCUT2D eigenvalue weighted by atomic mass is 10.1. The summed E-state index contributed by atoms with van der Waals surface area (Å²) in [5.74, 6) is -0.921. The summed E-state index contributed by atoms with van der Waals surface area (Å²) in [6, 6.07) is 20.0. The number of benzene rings is 3. The van der Waals surface area contributed by atoms with E-state index < -0.39 is 15.8 Å². The molecule has 3 rings (SSSR count). The van der Waals surface area contributed by atoms with Crippen molar-refractivity contribution in [3.63, 3.8) is 0 Å². The van der Waals surface area contributed by atoms with Crippen molar-refractivity contribution in [3.05, 3.63) is 77.9 Å². The Morgan fingerprint density at radius 3 is 2.16 bits per heavy atom. The summed E-state index contributed by atoms with van der Waals surface area (Å²) in [5, 5.41) is 11.0. The van der Waals surface area contributed by atoms with Gasteiger partial charge in [0.2, 0.25) is 0 Å². The first-order chi connectivity index (χ1) is 11.9. The first-order valence-corrected chi connectivity index (χ1v) is 9.60. The fourth-order valence-electron chi connectivity index (χ4n) is 2.75. The Morgan fingerprint density at radius 1 is 0.840 bits per heavy atom. The highest BCUT2D eigenvalue weighted by molar-refractivity contribution is 7.91. The first-order valence-electron chi connectivity index (χ1n) is 7.95. The molecular formula is C20H18O4S. The Morgan fingerprint density at radius 2 is 1.48 bits per heavy atom. The van der Waals surface area contributed by atoms with Crippen molar-refractivity contribution >= 4 is 26.6 Å². The van der Waals surface area contributed by atoms with Crippen LogP contribution in [-0.2, 0) is 27.5 Å². The molecule has 3 aromatic rings. The van der Waals surface area contributed by atoms with Gasteiger partial charge in [-0.1, -0.05) is 54.6 Å². The summed E-state index contributed by atoms with van der Waals surface area (Å²) in [4.78, 5) is 10.9. The number of hydrogen-bond acceptors (Lipinski definition) is 3. The molecule has 0 aliphatic rings. The maximum absolute atomic E-state index is 12.5. The quantitative estimate of drug-likeness (QED) is 0.736. The molecule has 0 aromatic heterocycles. The van der Waals surface area contributed by atoms with E-state index in [-0.39, 0.29) is 17.1 Å². The largest absolute Gasteiger partial charge is 0.481 e. The Bertz CT molecular complexity index is 1010. The summed E-state index contributed by atoms with van der Waals surface area (Å²) in [5.41, 5.74) is 1.56. The van der Waals surface area contributed by atoms with Gasteiger partial charge in [0.15, 0.2) is 9.84 Å². The number of rotatable bonds is 6. The van der Waals surface area contributed by atoms with Crippen molar-refractivity contribution in [3.8, 4) is 0 Å². The Hall–Kier alpha value is -2.66. The fourth-order valence-corrected chi connectivity index (χ4v) is 4.04. The van der Waals surface area contributed by atoms with Gasteiger partial charge in [-0.25, -0.2) is 8.42 Å². The lowest BCUT2D eigenvalue weighted by Crippen LogP contribution is -2.09. The molecule has 25 heavy (non-hydrogen) atoms. The molecule has 0 spiro atoms. The van der Waals surface area contributed by atoms with Gasteiger partial charge in [-0.2, -0.15) is 0 Å². The SMILES string of the molecule is O=C(O)Cc1ccc(S(=O)(=O)CCc2ccc3ccccc3c2)cc1. The van der Waals surface area contributed by atoms with Crippen LogP contribution in [0.4, 0.5) is 0 Å². The van der Waals surface area contributed by atoms with Crippen LogP contribution in [0.15, 0.2) is 71.6 Å². The van der Waals surface area contributed by atoms with Gasteiger partial charge in [-0.3, -0.25) is 4.79 Å². The normalized spacial score (nSPS) is 11.5. The maximum atomic E-state index is 12.5. The molecule has 0 aliphatic carbocycles. The number of carboxylic acids is 1. The van der Waals surface area contributed by atoms with Gasteiger partial charge in [0.25, 0.3) is 0 Å². The van der Waals surface area contributed by atoms with Crippen molar-refractivity contribution in [1.82, 2.24) is 0 Å². The zero-order chi connectivity index (χ0) is 17.9. The van der Waals surface area contributed by atoms with E-state index in [0.717, 1.165) is 16.3 Å². The third-order valence-corrected chi connectivity index (χ3v) is 5.84. The van der Waals surface area contributed by atoms with Crippen molar-refractivity contribution in [2.75, 3.05) is 5.75 Å². The second-order valence-electron chi connectivity index (χ2n) is 5.96. The average Bonchev–Trinajstić information content (AvgIpc) is 2.60. The second-order valence-corrected chi connectivity index (χ2v) is 8.07. The minimum atomic E-state index is -3.40. The summed E-state index contributed by atoms with van der Waals surface area (Å²) in [6.45, 7) is 0. The molecule has 0 radical (unpaired) electrons. The predicted molar refractivity (Wildman–Crippen MR) is 97.5 cm³/mol. The van der Waals surface area contributed by atoms with Gasteiger partial charge >= 0.3 is 5.97 Å². The summed E-state index contributed by atoms with van der Waals surface area (Å²) >= 11 is 0. The molecule has 1 N–H and O–H groups in total. The molecule has 0 amide bonds. The van der Waals surface area contributed by atoms with Crippen molar-refractivity contribution < 1.29 is 18.3 Å². The zero-order valence-corrected chi connectivity index (χ0v) is 14.4. The average molecular weight is 354 g/mol. The monoisotopic (exact) mass is 354 g/mol. The molecular weight excluding hydrogens is 336 g/mol. The molecule has 0 atom stereocenters. The van der Waals surface area contributed by atoms with Crippen LogP contribution < -0.4 is 0 Å². The van der Waals surface area contributed by atoms with Crippen LogP contribution in [0.5, 0.6) is 0 Å². The van der Waals surface area contributed by atoms with Crippen LogP contribution in [0.3, 0.4) is 0 Å². The Labute approximate surface area is 146 Å². The fraction of sp³-hybridized carbons (Fsp3) is 0.150. The minimum Gasteiger partial charge on any atom is -0.481 e. The smallest absolute Gasteiger partial charge is 0.307 e. The van der Waals surface area contributed by atoms with Gasteiger partial charge in [0.05, 0.1) is 17.1 Å². The van der Waals surface area contributed by atoms with Crippen LogP contribution in [-0.4, -0.2) is 25.2 Å². The number of aliphatic carboxylic acids is 1. The molecule has 0 saturated heterocycles. The van der Waals surface area contributed by atoms with E-state index >= 15 is 0 Å². The maximum Gasteiger partial charge on any atom is 0.307 e. The van der Waals surface area contributed by atoms with Crippen molar-refractivity contribution in [2.24, 2.45) is 0 Å². The Balaban J connectivity index is 1.73. The number of carbonyl (C=O) groups is 1. The standard InChI is InChI=1S/C20H18O4S/c21-20(22)14-15-6-9-19(10-7-15)25(23,24)12-11-16-5-8-17-3-1-2-4-18(17)13-16/h1-10,13H,11-12,14H2,(H,21,22). The van der Waals surface area contributed by atoms with E-state index in [0.29, 0.717) is 12.0 Å². The van der Waals surface area contributed by atoms with Crippen molar-refractivity contribution in [1.29, 1.82) is 0 Å². The third kappa shape index (κ3) is 4.25. The number of fused-ring (bicyclic) bond motifs is 1. The summed E-state index contributed by atoms with van der Waals surface area (Å²) in [6.07, 6.45) is 0.321. The number of carboxylic acid groups (broad SMARTS) is 1. The number of hydrogen-bond donors (Lipinski definition) is 1.